The van der Waals surface area contributed by atoms with Crippen molar-refractivity contribution in [1.29, 1.82) is 0 Å². The van der Waals surface area contributed by atoms with Gasteiger partial charge in [-0.25, -0.2) is 0 Å². The van der Waals surface area contributed by atoms with Gasteiger partial charge in [0.05, 0.1) is 6.54 Å². The molecular weight excluding hydrogens is 377 g/mol. The van der Waals surface area contributed by atoms with Crippen LogP contribution in [-0.2, 0) is 11.3 Å². The number of carbonyl (C=O) groups excluding carboxylic acids is 1. The van der Waals surface area contributed by atoms with E-state index in [0.29, 0.717) is 28.1 Å². The molecule has 3 aromatic rings. The number of nitrogens with one attached hydrogen (secondary N) is 1. The van der Waals surface area contributed by atoms with Crippen LogP contribution in [0, 0.1) is 0 Å². The van der Waals surface area contributed by atoms with Gasteiger partial charge in [-0.1, -0.05) is 35.2 Å². The lowest BCUT2D eigenvalue weighted by atomic mass is 10.2. The maximum Gasteiger partial charge on any atom is 0.270 e. The minimum Gasteiger partial charge on any atom is -0.457 e. The minimum atomic E-state index is -0.384. The Kier molecular flexibility index (Phi) is 5.70. The van der Waals surface area contributed by atoms with Crippen LogP contribution in [0.15, 0.2) is 40.8 Å². The summed E-state index contributed by atoms with van der Waals surface area (Å²) in [5.74, 6) is 0.874. The van der Waals surface area contributed by atoms with Crippen molar-refractivity contribution in [3.63, 3.8) is 0 Å². The van der Waals surface area contributed by atoms with Crippen LogP contribution in [-0.4, -0.2) is 26.1 Å². The third-order valence-electron chi connectivity index (χ3n) is 3.28. The highest BCUT2D eigenvalue weighted by Crippen LogP contribution is 2.28. The second-order valence-electron chi connectivity index (χ2n) is 5.39. The predicted molar refractivity (Wildman–Crippen MR) is 99.9 cm³/mol. The van der Waals surface area contributed by atoms with Crippen molar-refractivity contribution in [3.05, 3.63) is 52.2 Å². The van der Waals surface area contributed by atoms with Gasteiger partial charge in [-0.05, 0) is 48.0 Å². The zero-order valence-electron chi connectivity index (χ0n) is 13.8. The number of carbonyl (C=O) groups is 1. The van der Waals surface area contributed by atoms with Crippen molar-refractivity contribution < 1.29 is 9.21 Å². The van der Waals surface area contributed by atoms with E-state index in [2.05, 4.69) is 20.7 Å². The molecule has 2 aromatic heterocycles. The molecule has 1 amide bonds. The number of rotatable bonds is 6. The molecule has 0 radical (unpaired) electrons. The molecule has 0 saturated heterocycles. The van der Waals surface area contributed by atoms with E-state index in [0.717, 1.165) is 12.0 Å². The molecule has 9 heteroatoms. The number of aryl methyl sites for hydroxylation is 1. The monoisotopic (exact) mass is 391 g/mol. The van der Waals surface area contributed by atoms with Crippen LogP contribution in [0.2, 0.25) is 10.0 Å². The van der Waals surface area contributed by atoms with Crippen molar-refractivity contribution >= 4 is 41.1 Å². The Balaban J connectivity index is 1.65. The molecule has 7 nitrogen and oxygen atoms in total. The zero-order valence-corrected chi connectivity index (χ0v) is 15.3. The Morgan fingerprint density at radius 2 is 2.04 bits per heavy atom. The maximum absolute atomic E-state index is 11.9. The second kappa shape index (κ2) is 8.16. The number of hydrogen-bond acceptors (Lipinski definition) is 5. The summed E-state index contributed by atoms with van der Waals surface area (Å²) in [5, 5.41) is 15.2. The van der Waals surface area contributed by atoms with Gasteiger partial charge < -0.3 is 4.42 Å². The molecule has 0 aliphatic heterocycles. The van der Waals surface area contributed by atoms with Crippen molar-refractivity contribution in [2.45, 2.75) is 19.9 Å². The summed E-state index contributed by atoms with van der Waals surface area (Å²) in [4.78, 5) is 13.4. The fraction of sp³-hybridized carbons (Fsp3) is 0.176. The number of hydrogen-bond donors (Lipinski definition) is 1. The van der Waals surface area contributed by atoms with Gasteiger partial charge in [0.25, 0.3) is 11.9 Å². The molecule has 1 N–H and O–H groups in total. The third kappa shape index (κ3) is 4.71. The summed E-state index contributed by atoms with van der Waals surface area (Å²) in [6.07, 6.45) is 3.75. The molecule has 0 atom stereocenters. The molecule has 26 heavy (non-hydrogen) atoms. The fourth-order valence-corrected chi connectivity index (χ4v) is 2.72. The molecule has 0 spiro atoms. The summed E-state index contributed by atoms with van der Waals surface area (Å²) in [6.45, 7) is 2.64. The molecule has 1 aromatic carbocycles. The first kappa shape index (κ1) is 18.2. The standard InChI is InChI=1S/C17H15Cl2N5O2/c1-2-7-24-22-17(21-23-24)20-16(25)6-4-14-3-5-15(26-14)11-8-12(18)10-13(19)9-11/h3-6,8-10H,2,7H2,1H3,(H,20,22,25)/b6-4+. The molecule has 0 fully saturated rings. The van der Waals surface area contributed by atoms with E-state index in [9.17, 15) is 4.79 Å². The van der Waals surface area contributed by atoms with E-state index in [1.54, 1.807) is 36.4 Å². The Bertz CT molecular complexity index is 928. The van der Waals surface area contributed by atoms with Crippen molar-refractivity contribution in [1.82, 2.24) is 20.2 Å². The zero-order chi connectivity index (χ0) is 18.5. The highest BCUT2D eigenvalue weighted by molar-refractivity contribution is 6.35. The quantitative estimate of drug-likeness (QED) is 0.632. The van der Waals surface area contributed by atoms with Crippen molar-refractivity contribution in [2.24, 2.45) is 0 Å². The number of halogens is 2. The average Bonchev–Trinajstić information content (AvgIpc) is 3.22. The van der Waals surface area contributed by atoms with Crippen molar-refractivity contribution in [2.75, 3.05) is 5.32 Å². The number of aromatic nitrogens is 4. The van der Waals surface area contributed by atoms with E-state index < -0.39 is 0 Å². The lowest BCUT2D eigenvalue weighted by molar-refractivity contribution is -0.111. The van der Waals surface area contributed by atoms with Crippen LogP contribution in [0.4, 0.5) is 5.95 Å². The highest BCUT2D eigenvalue weighted by Gasteiger charge is 2.07. The molecule has 134 valence electrons. The molecule has 0 unspecified atom stereocenters. The predicted octanol–water partition coefficient (Wildman–Crippen LogP) is 4.30. The van der Waals surface area contributed by atoms with E-state index in [1.807, 2.05) is 6.92 Å². The summed E-state index contributed by atoms with van der Waals surface area (Å²) < 4.78 is 5.68. The highest BCUT2D eigenvalue weighted by atomic mass is 35.5. The van der Waals surface area contributed by atoms with Crippen LogP contribution in [0.1, 0.15) is 19.1 Å². The second-order valence-corrected chi connectivity index (χ2v) is 6.26. The van der Waals surface area contributed by atoms with Gasteiger partial charge in [-0.2, -0.15) is 4.80 Å². The summed E-state index contributed by atoms with van der Waals surface area (Å²) in [5.41, 5.74) is 0.753. The number of nitrogens with zero attached hydrogens (tertiary/aromatic N) is 4. The number of tetrazole rings is 1. The van der Waals surface area contributed by atoms with Gasteiger partial charge in [0, 0.05) is 21.7 Å². The number of anilines is 1. The first-order valence-corrected chi connectivity index (χ1v) is 8.62. The maximum atomic E-state index is 11.9. The Labute approximate surface area is 159 Å². The van der Waals surface area contributed by atoms with Crippen molar-refractivity contribution in [3.8, 4) is 11.3 Å². The van der Waals surface area contributed by atoms with Crippen LogP contribution >= 0.6 is 23.2 Å². The van der Waals surface area contributed by atoms with E-state index in [4.69, 9.17) is 27.6 Å². The number of furan rings is 1. The third-order valence-corrected chi connectivity index (χ3v) is 3.72. The van der Waals surface area contributed by atoms with E-state index >= 15 is 0 Å². The molecule has 0 saturated carbocycles. The van der Waals surface area contributed by atoms with Crippen LogP contribution in [0.25, 0.3) is 17.4 Å². The van der Waals surface area contributed by atoms with E-state index in [-0.39, 0.29) is 11.9 Å². The molecule has 0 aliphatic carbocycles. The summed E-state index contributed by atoms with van der Waals surface area (Å²) >= 11 is 12.0. The van der Waals surface area contributed by atoms with E-state index in [1.165, 1.54) is 10.9 Å². The van der Waals surface area contributed by atoms with Gasteiger partial charge in [0.2, 0.25) is 0 Å². The minimum absolute atomic E-state index is 0.154. The molecule has 2 heterocycles. The Morgan fingerprint density at radius 3 is 2.77 bits per heavy atom. The van der Waals surface area contributed by atoms with Crippen LogP contribution in [0.5, 0.6) is 0 Å². The molecule has 3 rings (SSSR count). The molecule has 0 bridgehead atoms. The summed E-state index contributed by atoms with van der Waals surface area (Å²) in [6, 6.07) is 8.65. The lowest BCUT2D eigenvalue weighted by Crippen LogP contribution is -2.09. The largest absolute Gasteiger partial charge is 0.457 e. The van der Waals surface area contributed by atoms with Gasteiger partial charge in [-0.15, -0.1) is 5.10 Å². The topological polar surface area (TPSA) is 85.8 Å². The van der Waals surface area contributed by atoms with Crippen LogP contribution < -0.4 is 5.32 Å². The smallest absolute Gasteiger partial charge is 0.270 e. The van der Waals surface area contributed by atoms with Gasteiger partial charge in [0.1, 0.15) is 11.5 Å². The Morgan fingerprint density at radius 1 is 1.27 bits per heavy atom. The van der Waals surface area contributed by atoms with Gasteiger partial charge in [-0.3, -0.25) is 10.1 Å². The van der Waals surface area contributed by atoms with Crippen LogP contribution in [0.3, 0.4) is 0 Å². The molecular formula is C17H15Cl2N5O2. The van der Waals surface area contributed by atoms with Gasteiger partial charge >= 0.3 is 0 Å². The number of amides is 1. The normalized spacial score (nSPS) is 11.2. The average molecular weight is 392 g/mol. The molecule has 0 aliphatic rings. The lowest BCUT2D eigenvalue weighted by Gasteiger charge is -1.99. The first-order chi connectivity index (χ1) is 12.5. The van der Waals surface area contributed by atoms with Gasteiger partial charge in [0.15, 0.2) is 0 Å². The SMILES string of the molecule is CCCn1nnc(NC(=O)/C=C/c2ccc(-c3cc(Cl)cc(Cl)c3)o2)n1. The fourth-order valence-electron chi connectivity index (χ4n) is 2.19. The first-order valence-electron chi connectivity index (χ1n) is 7.86. The number of benzene rings is 1. The summed E-state index contributed by atoms with van der Waals surface area (Å²) in [7, 11) is 0. The Hall–Kier alpha value is -2.64.